The molecule has 0 radical (unpaired) electrons. The first-order valence-corrected chi connectivity index (χ1v) is 11.1. The molecule has 2 aromatic rings. The maximum atomic E-state index is 12.3. The summed E-state index contributed by atoms with van der Waals surface area (Å²) in [5.41, 5.74) is 2.19. The third-order valence-corrected chi connectivity index (χ3v) is 5.85. The Kier molecular flexibility index (Phi) is 8.03. The smallest absolute Gasteiger partial charge is 0.224 e. The molecular weight excluding hydrogens is 386 g/mol. The van der Waals surface area contributed by atoms with E-state index < -0.39 is 0 Å². The maximum absolute atomic E-state index is 12.3. The number of benzene rings is 1. The number of piperazine rings is 1. The summed E-state index contributed by atoms with van der Waals surface area (Å²) in [4.78, 5) is 21.4. The van der Waals surface area contributed by atoms with Gasteiger partial charge in [-0.3, -0.25) is 9.69 Å². The second-order valence-electron chi connectivity index (χ2n) is 7.75. The third kappa shape index (κ3) is 6.52. The quantitative estimate of drug-likeness (QED) is 0.584. The summed E-state index contributed by atoms with van der Waals surface area (Å²) in [5.74, 6) is 1.55. The largest absolute Gasteiger partial charge is 0.497 e. The third-order valence-electron chi connectivity index (χ3n) is 4.91. The molecule has 6 nitrogen and oxygen atoms in total. The fourth-order valence-electron chi connectivity index (χ4n) is 3.27. The van der Waals surface area contributed by atoms with Gasteiger partial charge in [0.25, 0.3) is 0 Å². The summed E-state index contributed by atoms with van der Waals surface area (Å²) >= 11 is 1.67. The number of rotatable bonds is 9. The number of nitrogens with zero attached hydrogens (tertiary/aromatic N) is 3. The predicted octanol–water partition coefficient (Wildman–Crippen LogP) is 3.53. The van der Waals surface area contributed by atoms with E-state index in [9.17, 15) is 4.79 Å². The minimum Gasteiger partial charge on any atom is -0.497 e. The number of ether oxygens (including phenoxy) is 2. The lowest BCUT2D eigenvalue weighted by Gasteiger charge is -2.34. The van der Waals surface area contributed by atoms with E-state index in [-0.39, 0.29) is 5.91 Å². The highest BCUT2D eigenvalue weighted by molar-refractivity contribution is 7.13. The van der Waals surface area contributed by atoms with Gasteiger partial charge in [0.05, 0.1) is 25.8 Å². The van der Waals surface area contributed by atoms with Gasteiger partial charge in [-0.15, -0.1) is 11.3 Å². The Bertz CT molecular complexity index is 768. The minimum absolute atomic E-state index is 0.198. The summed E-state index contributed by atoms with van der Waals surface area (Å²) < 4.78 is 10.8. The standard InChI is InChI=1S/C22H31N3O3S/c1-17(2)15-28-13-8-21(26)25-11-9-24(10-12-25)14-19-16-29-22(23-19)18-4-6-20(27-3)7-5-18/h4-7,16-17H,8-15H2,1-3H3. The van der Waals surface area contributed by atoms with Crippen molar-refractivity contribution in [3.63, 3.8) is 0 Å². The maximum Gasteiger partial charge on any atom is 0.224 e. The molecule has 1 aromatic carbocycles. The summed E-state index contributed by atoms with van der Waals surface area (Å²) in [6.45, 7) is 9.61. The lowest BCUT2D eigenvalue weighted by Crippen LogP contribution is -2.48. The molecule has 0 unspecified atom stereocenters. The van der Waals surface area contributed by atoms with E-state index in [1.807, 2.05) is 29.2 Å². The van der Waals surface area contributed by atoms with Crippen molar-refractivity contribution in [2.24, 2.45) is 5.92 Å². The number of carbonyl (C=O) groups is 1. The lowest BCUT2D eigenvalue weighted by molar-refractivity contribution is -0.134. The molecule has 1 saturated heterocycles. The van der Waals surface area contributed by atoms with E-state index in [4.69, 9.17) is 14.5 Å². The van der Waals surface area contributed by atoms with Gasteiger partial charge in [-0.1, -0.05) is 13.8 Å². The van der Waals surface area contributed by atoms with Crippen LogP contribution < -0.4 is 4.74 Å². The first kappa shape index (κ1) is 21.7. The molecule has 0 saturated carbocycles. The first-order valence-electron chi connectivity index (χ1n) is 10.2. The fourth-order valence-corrected chi connectivity index (χ4v) is 4.08. The molecule has 158 valence electrons. The van der Waals surface area contributed by atoms with E-state index in [2.05, 4.69) is 24.1 Å². The van der Waals surface area contributed by atoms with Gasteiger partial charge in [-0.25, -0.2) is 4.98 Å². The average Bonchev–Trinajstić information content (AvgIpc) is 3.20. The summed E-state index contributed by atoms with van der Waals surface area (Å²) in [6, 6.07) is 7.99. The molecule has 0 spiro atoms. The number of thiazole rings is 1. The molecular formula is C22H31N3O3S. The average molecular weight is 418 g/mol. The molecule has 1 aliphatic rings. The second-order valence-corrected chi connectivity index (χ2v) is 8.61. The Morgan fingerprint density at radius 2 is 1.90 bits per heavy atom. The molecule has 29 heavy (non-hydrogen) atoms. The van der Waals surface area contributed by atoms with Gasteiger partial charge in [0.15, 0.2) is 0 Å². The zero-order valence-electron chi connectivity index (χ0n) is 17.6. The van der Waals surface area contributed by atoms with Gasteiger partial charge >= 0.3 is 0 Å². The number of methoxy groups -OCH3 is 1. The van der Waals surface area contributed by atoms with Crippen LogP contribution in [0.15, 0.2) is 29.6 Å². The fraction of sp³-hybridized carbons (Fsp3) is 0.545. The molecule has 0 bridgehead atoms. The van der Waals surface area contributed by atoms with E-state index >= 15 is 0 Å². The molecule has 1 aromatic heterocycles. The highest BCUT2D eigenvalue weighted by Crippen LogP contribution is 2.26. The molecule has 7 heteroatoms. The van der Waals surface area contributed by atoms with E-state index in [0.717, 1.165) is 54.7 Å². The summed E-state index contributed by atoms with van der Waals surface area (Å²) in [7, 11) is 1.67. The van der Waals surface area contributed by atoms with Crippen molar-refractivity contribution in [3.8, 4) is 16.3 Å². The van der Waals surface area contributed by atoms with E-state index in [1.165, 1.54) is 0 Å². The monoisotopic (exact) mass is 417 g/mol. The van der Waals surface area contributed by atoms with Gasteiger partial charge in [-0.05, 0) is 30.2 Å². The zero-order valence-corrected chi connectivity index (χ0v) is 18.4. The van der Waals surface area contributed by atoms with Crippen molar-refractivity contribution in [1.29, 1.82) is 0 Å². The first-order chi connectivity index (χ1) is 14.0. The van der Waals surface area contributed by atoms with Crippen molar-refractivity contribution in [3.05, 3.63) is 35.3 Å². The molecule has 0 aliphatic carbocycles. The van der Waals surface area contributed by atoms with Crippen molar-refractivity contribution in [2.75, 3.05) is 46.5 Å². The van der Waals surface area contributed by atoms with Crippen LogP contribution in [-0.4, -0.2) is 67.2 Å². The van der Waals surface area contributed by atoms with Crippen LogP contribution in [-0.2, 0) is 16.1 Å². The van der Waals surface area contributed by atoms with Crippen LogP contribution in [0.25, 0.3) is 10.6 Å². The Hall–Kier alpha value is -1.96. The molecule has 0 atom stereocenters. The second kappa shape index (κ2) is 10.7. The number of carbonyl (C=O) groups excluding carboxylic acids is 1. The van der Waals surface area contributed by atoms with Crippen LogP contribution in [0.3, 0.4) is 0 Å². The van der Waals surface area contributed by atoms with E-state index in [1.54, 1.807) is 18.4 Å². The van der Waals surface area contributed by atoms with Crippen LogP contribution in [0.5, 0.6) is 5.75 Å². The van der Waals surface area contributed by atoms with Crippen LogP contribution in [0, 0.1) is 5.92 Å². The minimum atomic E-state index is 0.198. The topological polar surface area (TPSA) is 54.9 Å². The van der Waals surface area contributed by atoms with Crippen molar-refractivity contribution in [2.45, 2.75) is 26.8 Å². The van der Waals surface area contributed by atoms with Crippen LogP contribution in [0.1, 0.15) is 26.0 Å². The SMILES string of the molecule is COc1ccc(-c2nc(CN3CCN(C(=O)CCOCC(C)C)CC3)cs2)cc1. The Morgan fingerprint density at radius 1 is 1.17 bits per heavy atom. The van der Waals surface area contributed by atoms with Crippen molar-refractivity contribution < 1.29 is 14.3 Å². The molecule has 3 rings (SSSR count). The van der Waals surface area contributed by atoms with Gasteiger partial charge in [0, 0.05) is 50.3 Å². The number of aromatic nitrogens is 1. The number of amides is 1. The number of hydrogen-bond acceptors (Lipinski definition) is 6. The van der Waals surface area contributed by atoms with Crippen LogP contribution in [0.2, 0.25) is 0 Å². The normalized spacial score (nSPS) is 15.1. The summed E-state index contributed by atoms with van der Waals surface area (Å²) in [6.07, 6.45) is 0.476. The Labute approximate surface area is 177 Å². The van der Waals surface area contributed by atoms with Gasteiger partial charge in [-0.2, -0.15) is 0 Å². The van der Waals surface area contributed by atoms with Gasteiger partial charge in [0.1, 0.15) is 10.8 Å². The highest BCUT2D eigenvalue weighted by atomic mass is 32.1. The summed E-state index contributed by atoms with van der Waals surface area (Å²) in [5, 5.41) is 3.15. The predicted molar refractivity (Wildman–Crippen MR) is 116 cm³/mol. The molecule has 2 heterocycles. The Balaban J connectivity index is 1.42. The van der Waals surface area contributed by atoms with Crippen molar-refractivity contribution >= 4 is 17.2 Å². The van der Waals surface area contributed by atoms with Gasteiger partial charge in [0.2, 0.25) is 5.91 Å². The molecule has 1 fully saturated rings. The molecule has 0 N–H and O–H groups in total. The lowest BCUT2D eigenvalue weighted by atomic mass is 10.2. The molecule has 1 aliphatic heterocycles. The van der Waals surface area contributed by atoms with Gasteiger partial charge < -0.3 is 14.4 Å². The number of hydrogen-bond donors (Lipinski definition) is 0. The highest BCUT2D eigenvalue weighted by Gasteiger charge is 2.21. The van der Waals surface area contributed by atoms with Crippen LogP contribution in [0.4, 0.5) is 0 Å². The Morgan fingerprint density at radius 3 is 2.55 bits per heavy atom. The zero-order chi connectivity index (χ0) is 20.6. The van der Waals surface area contributed by atoms with E-state index in [0.29, 0.717) is 25.6 Å². The molecule has 1 amide bonds. The van der Waals surface area contributed by atoms with Crippen LogP contribution >= 0.6 is 11.3 Å². The van der Waals surface area contributed by atoms with Crippen molar-refractivity contribution in [1.82, 2.24) is 14.8 Å².